The van der Waals surface area contributed by atoms with Crippen LogP contribution in [-0.4, -0.2) is 42.9 Å². The molecule has 1 heterocycles. The van der Waals surface area contributed by atoms with Gasteiger partial charge in [-0.05, 0) is 24.6 Å². The fraction of sp³-hybridized carbons (Fsp3) is 0.333. The lowest BCUT2D eigenvalue weighted by molar-refractivity contribution is -0.117. The molecule has 122 valence electrons. The van der Waals surface area contributed by atoms with Gasteiger partial charge in [0.2, 0.25) is 11.8 Å². The topological polar surface area (TPSA) is 52.7 Å². The van der Waals surface area contributed by atoms with Crippen LogP contribution < -0.4 is 10.2 Å². The number of rotatable bonds is 8. The van der Waals surface area contributed by atoms with Crippen molar-refractivity contribution in [1.82, 2.24) is 4.90 Å². The molecule has 23 heavy (non-hydrogen) atoms. The second kappa shape index (κ2) is 8.29. The number of nitrogens with one attached hydrogen (secondary N) is 1. The molecule has 1 aliphatic heterocycles. The molecule has 5 nitrogen and oxygen atoms in total. The molecule has 0 unspecified atom stereocenters. The zero-order chi connectivity index (χ0) is 16.7. The molecule has 1 N–H and O–H groups in total. The van der Waals surface area contributed by atoms with E-state index in [2.05, 4.69) is 18.5 Å². The van der Waals surface area contributed by atoms with Crippen molar-refractivity contribution < 1.29 is 9.59 Å². The molecule has 0 aromatic heterocycles. The summed E-state index contributed by atoms with van der Waals surface area (Å²) < 4.78 is 0. The number of anilines is 2. The van der Waals surface area contributed by atoms with Crippen molar-refractivity contribution in [3.05, 3.63) is 49.6 Å². The van der Waals surface area contributed by atoms with Gasteiger partial charge in [0.05, 0.1) is 6.54 Å². The van der Waals surface area contributed by atoms with Crippen molar-refractivity contribution in [1.29, 1.82) is 0 Å². The highest BCUT2D eigenvalue weighted by Gasteiger charge is 2.21. The molecule has 0 saturated carbocycles. The van der Waals surface area contributed by atoms with E-state index in [1.165, 1.54) is 0 Å². The van der Waals surface area contributed by atoms with Crippen LogP contribution in [0, 0.1) is 0 Å². The van der Waals surface area contributed by atoms with E-state index in [4.69, 9.17) is 0 Å². The SMILES string of the molecule is C=CCN(CC=C)CC(=O)Nc1cccc(N2CCCC2=O)c1. The zero-order valence-electron chi connectivity index (χ0n) is 13.3. The molecule has 2 rings (SSSR count). The van der Waals surface area contributed by atoms with Gasteiger partial charge in [-0.2, -0.15) is 0 Å². The third-order valence-corrected chi connectivity index (χ3v) is 3.66. The van der Waals surface area contributed by atoms with E-state index in [1.807, 2.05) is 29.2 Å². The van der Waals surface area contributed by atoms with Crippen LogP contribution in [0.1, 0.15) is 12.8 Å². The number of carbonyl (C=O) groups is 2. The van der Waals surface area contributed by atoms with Crippen molar-refractivity contribution in [2.24, 2.45) is 0 Å². The minimum atomic E-state index is -0.0985. The molecule has 0 aliphatic carbocycles. The first-order chi connectivity index (χ1) is 11.1. The molecule has 2 amide bonds. The fourth-order valence-electron chi connectivity index (χ4n) is 2.65. The van der Waals surface area contributed by atoms with Gasteiger partial charge in [0, 0.05) is 37.4 Å². The van der Waals surface area contributed by atoms with E-state index < -0.39 is 0 Å². The number of hydrogen-bond donors (Lipinski definition) is 1. The average Bonchev–Trinajstić information content (AvgIpc) is 2.94. The van der Waals surface area contributed by atoms with Crippen LogP contribution in [0.4, 0.5) is 11.4 Å². The molecule has 0 atom stereocenters. The van der Waals surface area contributed by atoms with Crippen LogP contribution in [0.2, 0.25) is 0 Å². The Morgan fingerprint density at radius 3 is 2.65 bits per heavy atom. The Morgan fingerprint density at radius 2 is 2.04 bits per heavy atom. The van der Waals surface area contributed by atoms with Crippen molar-refractivity contribution in [2.75, 3.05) is 36.4 Å². The van der Waals surface area contributed by atoms with Gasteiger partial charge in [-0.25, -0.2) is 0 Å². The lowest BCUT2D eigenvalue weighted by Gasteiger charge is -2.19. The summed E-state index contributed by atoms with van der Waals surface area (Å²) in [6.07, 6.45) is 4.99. The van der Waals surface area contributed by atoms with Gasteiger partial charge < -0.3 is 10.2 Å². The first kappa shape index (κ1) is 17.0. The quantitative estimate of drug-likeness (QED) is 0.750. The highest BCUT2D eigenvalue weighted by atomic mass is 16.2. The van der Waals surface area contributed by atoms with E-state index in [0.29, 0.717) is 25.2 Å². The maximum absolute atomic E-state index is 12.2. The van der Waals surface area contributed by atoms with E-state index in [-0.39, 0.29) is 18.4 Å². The molecule has 1 aromatic carbocycles. The van der Waals surface area contributed by atoms with Gasteiger partial charge in [0.25, 0.3) is 0 Å². The standard InChI is InChI=1S/C18H23N3O2/c1-3-10-20(11-4-2)14-17(22)19-15-7-5-8-16(13-15)21-12-6-9-18(21)23/h3-5,7-8,13H,1-2,6,9-12,14H2,(H,19,22). The molecule has 0 bridgehead atoms. The Labute approximate surface area is 137 Å². The van der Waals surface area contributed by atoms with Gasteiger partial charge in [0.1, 0.15) is 0 Å². The summed E-state index contributed by atoms with van der Waals surface area (Å²) in [5.41, 5.74) is 1.53. The van der Waals surface area contributed by atoms with Gasteiger partial charge >= 0.3 is 0 Å². The lowest BCUT2D eigenvalue weighted by Crippen LogP contribution is -2.33. The first-order valence-electron chi connectivity index (χ1n) is 7.78. The molecule has 1 aromatic rings. The number of nitrogens with zero attached hydrogens (tertiary/aromatic N) is 2. The molecule has 5 heteroatoms. The van der Waals surface area contributed by atoms with Gasteiger partial charge in [-0.3, -0.25) is 14.5 Å². The summed E-state index contributed by atoms with van der Waals surface area (Å²) in [4.78, 5) is 27.7. The third-order valence-electron chi connectivity index (χ3n) is 3.66. The van der Waals surface area contributed by atoms with Gasteiger partial charge in [-0.1, -0.05) is 18.2 Å². The lowest BCUT2D eigenvalue weighted by atomic mass is 10.2. The monoisotopic (exact) mass is 313 g/mol. The maximum Gasteiger partial charge on any atom is 0.238 e. The van der Waals surface area contributed by atoms with Crippen LogP contribution in [0.25, 0.3) is 0 Å². The molecule has 0 spiro atoms. The summed E-state index contributed by atoms with van der Waals surface area (Å²) in [6, 6.07) is 7.40. The predicted octanol–water partition coefficient (Wildman–Crippen LogP) is 2.43. The van der Waals surface area contributed by atoms with Crippen molar-refractivity contribution in [3.63, 3.8) is 0 Å². The summed E-state index contributed by atoms with van der Waals surface area (Å²) in [6.45, 7) is 9.64. The summed E-state index contributed by atoms with van der Waals surface area (Å²) in [5.74, 6) is 0.0372. The van der Waals surface area contributed by atoms with Crippen molar-refractivity contribution in [2.45, 2.75) is 12.8 Å². The number of benzene rings is 1. The average molecular weight is 313 g/mol. The summed E-state index contributed by atoms with van der Waals surface area (Å²) >= 11 is 0. The van der Waals surface area contributed by atoms with E-state index >= 15 is 0 Å². The smallest absolute Gasteiger partial charge is 0.238 e. The van der Waals surface area contributed by atoms with Crippen LogP contribution in [0.5, 0.6) is 0 Å². The Kier molecular flexibility index (Phi) is 6.11. The summed E-state index contributed by atoms with van der Waals surface area (Å²) in [7, 11) is 0. The first-order valence-corrected chi connectivity index (χ1v) is 7.78. The van der Waals surface area contributed by atoms with E-state index in [9.17, 15) is 9.59 Å². The minimum absolute atomic E-state index is 0.0985. The minimum Gasteiger partial charge on any atom is -0.325 e. The Bertz CT molecular complexity index is 588. The molecule has 1 fully saturated rings. The van der Waals surface area contributed by atoms with Gasteiger partial charge in [0.15, 0.2) is 0 Å². The van der Waals surface area contributed by atoms with E-state index in [0.717, 1.165) is 18.7 Å². The second-order valence-corrected chi connectivity index (χ2v) is 5.52. The van der Waals surface area contributed by atoms with Crippen molar-refractivity contribution >= 4 is 23.2 Å². The third kappa shape index (κ3) is 4.79. The molecule has 0 radical (unpaired) electrons. The second-order valence-electron chi connectivity index (χ2n) is 5.52. The fourth-order valence-corrected chi connectivity index (χ4v) is 2.65. The number of carbonyl (C=O) groups excluding carboxylic acids is 2. The molecular formula is C18H23N3O2. The molecule has 1 saturated heterocycles. The van der Waals surface area contributed by atoms with Gasteiger partial charge in [-0.15, -0.1) is 13.2 Å². The highest BCUT2D eigenvalue weighted by Crippen LogP contribution is 2.24. The largest absolute Gasteiger partial charge is 0.325 e. The maximum atomic E-state index is 12.2. The van der Waals surface area contributed by atoms with Crippen LogP contribution in [0.3, 0.4) is 0 Å². The predicted molar refractivity (Wildman–Crippen MR) is 93.5 cm³/mol. The Hall–Kier alpha value is -2.40. The van der Waals surface area contributed by atoms with Crippen molar-refractivity contribution in [3.8, 4) is 0 Å². The Balaban J connectivity index is 1.99. The zero-order valence-corrected chi connectivity index (χ0v) is 13.3. The van der Waals surface area contributed by atoms with Crippen LogP contribution in [0.15, 0.2) is 49.6 Å². The normalized spacial score (nSPS) is 14.1. The summed E-state index contributed by atoms with van der Waals surface area (Å²) in [5, 5.41) is 2.88. The molecule has 1 aliphatic rings. The van der Waals surface area contributed by atoms with Crippen LogP contribution >= 0.6 is 0 Å². The Morgan fingerprint density at radius 1 is 1.30 bits per heavy atom. The number of amides is 2. The highest BCUT2D eigenvalue weighted by molar-refractivity contribution is 5.97. The molecular weight excluding hydrogens is 290 g/mol. The number of hydrogen-bond acceptors (Lipinski definition) is 3. The van der Waals surface area contributed by atoms with E-state index in [1.54, 1.807) is 17.1 Å². The van der Waals surface area contributed by atoms with Crippen LogP contribution in [-0.2, 0) is 9.59 Å².